The van der Waals surface area contributed by atoms with Crippen LogP contribution in [-0.2, 0) is 0 Å². The lowest BCUT2D eigenvalue weighted by atomic mass is 10.2. The van der Waals surface area contributed by atoms with E-state index in [1.165, 1.54) is 0 Å². The Balaban J connectivity index is 1.81. The Hall–Kier alpha value is -2.09. The van der Waals surface area contributed by atoms with Crippen LogP contribution in [0.5, 0.6) is 17.5 Å². The van der Waals surface area contributed by atoms with Crippen LogP contribution in [0, 0.1) is 6.20 Å². The molecular weight excluding hydrogens is 280 g/mol. The lowest BCUT2D eigenvalue weighted by Gasteiger charge is -2.19. The predicted octanol–water partition coefficient (Wildman–Crippen LogP) is 0.989. The van der Waals surface area contributed by atoms with E-state index in [4.69, 9.17) is 14.2 Å². The fourth-order valence-electron chi connectivity index (χ4n) is 1.99. The molecule has 0 saturated heterocycles. The van der Waals surface area contributed by atoms with Gasteiger partial charge < -0.3 is 14.2 Å². The molecular formula is C12H9N4O3S. The molecule has 1 radical (unpaired) electrons. The Morgan fingerprint density at radius 2 is 1.90 bits per heavy atom. The normalized spacial score (nSPS) is 16.2. The van der Waals surface area contributed by atoms with E-state index in [0.29, 0.717) is 43.0 Å². The van der Waals surface area contributed by atoms with Crippen molar-refractivity contribution in [1.29, 1.82) is 0 Å². The Bertz CT molecular complexity index is 667. The first-order valence-corrected chi connectivity index (χ1v) is 7.08. The number of rotatable bonds is 1. The second kappa shape index (κ2) is 4.78. The zero-order valence-corrected chi connectivity index (χ0v) is 11.1. The third-order valence-corrected chi connectivity index (χ3v) is 3.89. The summed E-state index contributed by atoms with van der Waals surface area (Å²) in [5.74, 6) is 2.38. The molecule has 2 aromatic heterocycles. The molecule has 7 nitrogen and oxygen atoms in total. The van der Waals surface area contributed by atoms with E-state index in [0.717, 1.165) is 16.2 Å². The average molecular weight is 289 g/mol. The van der Waals surface area contributed by atoms with Crippen LogP contribution >= 0.6 is 11.8 Å². The predicted molar refractivity (Wildman–Crippen MR) is 69.1 cm³/mol. The summed E-state index contributed by atoms with van der Waals surface area (Å²) >= 11 is 1.65. The van der Waals surface area contributed by atoms with Crippen molar-refractivity contribution >= 4 is 11.8 Å². The molecule has 8 heteroatoms. The van der Waals surface area contributed by atoms with Gasteiger partial charge in [0.05, 0.1) is 17.1 Å². The van der Waals surface area contributed by atoms with Gasteiger partial charge in [0.15, 0.2) is 5.75 Å². The van der Waals surface area contributed by atoms with Crippen LogP contribution in [0.1, 0.15) is 0 Å². The van der Waals surface area contributed by atoms with Crippen LogP contribution in [0.15, 0.2) is 11.0 Å². The van der Waals surface area contributed by atoms with Crippen molar-refractivity contribution in [3.05, 3.63) is 12.3 Å². The van der Waals surface area contributed by atoms with Gasteiger partial charge in [-0.15, -0.1) is 32.2 Å². The van der Waals surface area contributed by atoms with Crippen LogP contribution in [0.2, 0.25) is 0 Å². The summed E-state index contributed by atoms with van der Waals surface area (Å²) in [5.41, 5.74) is 1.35. The van der Waals surface area contributed by atoms with E-state index in [1.54, 1.807) is 17.8 Å². The average Bonchev–Trinajstić information content (AvgIpc) is 2.54. The van der Waals surface area contributed by atoms with Crippen molar-refractivity contribution in [1.82, 2.24) is 20.4 Å². The summed E-state index contributed by atoms with van der Waals surface area (Å²) < 4.78 is 16.4. The van der Waals surface area contributed by atoms with E-state index in [2.05, 4.69) is 26.6 Å². The topological polar surface area (TPSA) is 79.3 Å². The molecule has 0 atom stereocenters. The molecule has 0 aromatic carbocycles. The summed E-state index contributed by atoms with van der Waals surface area (Å²) in [6, 6.07) is 1.78. The van der Waals surface area contributed by atoms with Crippen molar-refractivity contribution in [2.45, 2.75) is 4.90 Å². The van der Waals surface area contributed by atoms with Crippen molar-refractivity contribution in [3.8, 4) is 28.8 Å². The van der Waals surface area contributed by atoms with E-state index in [1.807, 2.05) is 0 Å². The summed E-state index contributed by atoms with van der Waals surface area (Å²) in [6.45, 7) is 1.62. The molecule has 0 unspecified atom stereocenters. The van der Waals surface area contributed by atoms with Gasteiger partial charge in [0.1, 0.15) is 25.1 Å². The number of fused-ring (bicyclic) bond motifs is 2. The highest BCUT2D eigenvalue weighted by molar-refractivity contribution is 7.99. The first-order valence-electron chi connectivity index (χ1n) is 6.09. The number of ether oxygens (including phenoxy) is 3. The molecule has 2 aliphatic heterocycles. The minimum absolute atomic E-state index is 0.416. The van der Waals surface area contributed by atoms with Gasteiger partial charge in [-0.25, -0.2) is 0 Å². The molecule has 4 heterocycles. The maximum absolute atomic E-state index is 5.51. The van der Waals surface area contributed by atoms with Crippen LogP contribution < -0.4 is 14.2 Å². The first-order chi connectivity index (χ1) is 9.92. The summed E-state index contributed by atoms with van der Waals surface area (Å²) in [7, 11) is 0. The SMILES string of the molecule is [c]1nnc2c(c1-c1cc3c(nn1)OCCO3)SCCO2. The van der Waals surface area contributed by atoms with Gasteiger partial charge >= 0.3 is 0 Å². The molecule has 20 heavy (non-hydrogen) atoms. The highest BCUT2D eigenvalue weighted by atomic mass is 32.2. The fraction of sp³-hybridized carbons (Fsp3) is 0.333. The van der Waals surface area contributed by atoms with E-state index >= 15 is 0 Å². The van der Waals surface area contributed by atoms with E-state index in [9.17, 15) is 0 Å². The molecule has 0 N–H and O–H groups in total. The summed E-state index contributed by atoms with van der Waals surface area (Å²) in [6.07, 6.45) is 2.86. The second-order valence-electron chi connectivity index (χ2n) is 4.11. The minimum atomic E-state index is 0.416. The molecule has 4 rings (SSSR count). The van der Waals surface area contributed by atoms with Gasteiger partial charge in [-0.1, -0.05) is 0 Å². The zero-order valence-electron chi connectivity index (χ0n) is 10.3. The quantitative estimate of drug-likeness (QED) is 0.769. The highest BCUT2D eigenvalue weighted by Gasteiger charge is 2.22. The van der Waals surface area contributed by atoms with Crippen molar-refractivity contribution in [3.63, 3.8) is 0 Å². The molecule has 2 aromatic rings. The number of aromatic nitrogens is 4. The maximum atomic E-state index is 5.51. The lowest BCUT2D eigenvalue weighted by molar-refractivity contribution is 0.162. The third kappa shape index (κ3) is 1.92. The van der Waals surface area contributed by atoms with Gasteiger partial charge in [-0.05, 0) is 0 Å². The van der Waals surface area contributed by atoms with Crippen LogP contribution in [-0.4, -0.2) is 46.0 Å². The lowest BCUT2D eigenvalue weighted by Crippen LogP contribution is -2.17. The fourth-order valence-corrected chi connectivity index (χ4v) is 2.87. The summed E-state index contributed by atoms with van der Waals surface area (Å²) in [4.78, 5) is 0.886. The van der Waals surface area contributed by atoms with Crippen LogP contribution in [0.3, 0.4) is 0 Å². The molecule has 101 valence electrons. The number of thioether (sulfide) groups is 1. The molecule has 0 fully saturated rings. The number of hydrogen-bond acceptors (Lipinski definition) is 8. The van der Waals surface area contributed by atoms with Gasteiger partial charge in [0, 0.05) is 11.8 Å². The van der Waals surface area contributed by atoms with Gasteiger partial charge in [-0.2, -0.15) is 0 Å². The molecule has 0 amide bonds. The molecule has 0 saturated carbocycles. The van der Waals surface area contributed by atoms with Crippen LogP contribution in [0.4, 0.5) is 0 Å². The first kappa shape index (κ1) is 11.7. The molecule has 0 spiro atoms. The standard InChI is InChI=1S/C12H9N4O3S/c1-2-18-11-9(17-1)5-8(14-16-11)7-6-13-15-12-10(7)20-4-3-19-12/h5H,1-4H2. The zero-order chi connectivity index (χ0) is 13.4. The smallest absolute Gasteiger partial charge is 0.276 e. The number of hydrogen-bond donors (Lipinski definition) is 0. The monoisotopic (exact) mass is 289 g/mol. The Kier molecular flexibility index (Phi) is 2.80. The Morgan fingerprint density at radius 1 is 1.00 bits per heavy atom. The van der Waals surface area contributed by atoms with Crippen molar-refractivity contribution in [2.24, 2.45) is 0 Å². The summed E-state index contributed by atoms with van der Waals surface area (Å²) in [5, 5.41) is 15.9. The van der Waals surface area contributed by atoms with Gasteiger partial charge in [0.2, 0.25) is 5.88 Å². The van der Waals surface area contributed by atoms with Gasteiger partial charge in [-0.3, -0.25) is 0 Å². The second-order valence-corrected chi connectivity index (χ2v) is 5.22. The molecule has 0 bridgehead atoms. The Labute approximate surface area is 118 Å². The molecule has 0 aliphatic carbocycles. The third-order valence-electron chi connectivity index (χ3n) is 2.86. The maximum Gasteiger partial charge on any atom is 0.276 e. The highest BCUT2D eigenvalue weighted by Crippen LogP contribution is 2.39. The van der Waals surface area contributed by atoms with Crippen molar-refractivity contribution < 1.29 is 14.2 Å². The Morgan fingerprint density at radius 3 is 2.90 bits per heavy atom. The molecule has 2 aliphatic rings. The van der Waals surface area contributed by atoms with E-state index < -0.39 is 0 Å². The number of nitrogens with zero attached hydrogens (tertiary/aromatic N) is 4. The largest absolute Gasteiger partial charge is 0.484 e. The van der Waals surface area contributed by atoms with Gasteiger partial charge in [0.25, 0.3) is 5.88 Å². The van der Waals surface area contributed by atoms with Crippen LogP contribution in [0.25, 0.3) is 11.3 Å². The minimum Gasteiger partial charge on any atom is -0.484 e. The van der Waals surface area contributed by atoms with E-state index in [-0.39, 0.29) is 0 Å². The van der Waals surface area contributed by atoms with Crippen molar-refractivity contribution in [2.75, 3.05) is 25.6 Å².